The molecule has 1 aliphatic heterocycles. The minimum absolute atomic E-state index is 0.217. The predicted molar refractivity (Wildman–Crippen MR) is 88.0 cm³/mol. The average Bonchev–Trinajstić information content (AvgIpc) is 2.95. The first kappa shape index (κ1) is 15.7. The fraction of sp³-hybridized carbons (Fsp3) is 0.444. The quantitative estimate of drug-likeness (QED) is 0.868. The molecule has 1 aromatic heterocycles. The Morgan fingerprint density at radius 2 is 1.91 bits per heavy atom. The maximum absolute atomic E-state index is 12.5. The first-order valence-electron chi connectivity index (χ1n) is 8.08. The van der Waals surface area contributed by atoms with Crippen LogP contribution in [-0.2, 0) is 17.8 Å². The van der Waals surface area contributed by atoms with Gasteiger partial charge in [0.05, 0.1) is 18.7 Å². The molecule has 5 heteroatoms. The Kier molecular flexibility index (Phi) is 4.76. The van der Waals surface area contributed by atoms with E-state index in [0.29, 0.717) is 6.42 Å². The third kappa shape index (κ3) is 3.99. The summed E-state index contributed by atoms with van der Waals surface area (Å²) >= 11 is 0. The average molecular weight is 313 g/mol. The third-order valence-electron chi connectivity index (χ3n) is 4.38. The number of amides is 1. The second-order valence-electron chi connectivity index (χ2n) is 6.19. The number of hydrogen-bond acceptors (Lipinski definition) is 4. The van der Waals surface area contributed by atoms with Gasteiger partial charge in [0.15, 0.2) is 5.76 Å². The van der Waals surface area contributed by atoms with Gasteiger partial charge in [0, 0.05) is 32.2 Å². The van der Waals surface area contributed by atoms with Crippen molar-refractivity contribution in [3.8, 4) is 0 Å². The Hall–Kier alpha value is -2.14. The van der Waals surface area contributed by atoms with Gasteiger partial charge in [-0.15, -0.1) is 0 Å². The summed E-state index contributed by atoms with van der Waals surface area (Å²) in [5, 5.41) is 3.91. The molecule has 0 spiro atoms. The molecule has 0 radical (unpaired) electrons. The van der Waals surface area contributed by atoms with Crippen molar-refractivity contribution in [3.05, 3.63) is 52.9 Å². The van der Waals surface area contributed by atoms with E-state index in [9.17, 15) is 4.79 Å². The minimum atomic E-state index is 0.217. The number of piperazine rings is 1. The summed E-state index contributed by atoms with van der Waals surface area (Å²) in [4.78, 5) is 16.7. The van der Waals surface area contributed by atoms with Gasteiger partial charge in [-0.2, -0.15) is 0 Å². The zero-order valence-corrected chi connectivity index (χ0v) is 13.8. The number of carbonyl (C=O) groups excluding carboxylic acids is 1. The lowest BCUT2D eigenvalue weighted by atomic mass is 10.1. The smallest absolute Gasteiger partial charge is 0.227 e. The van der Waals surface area contributed by atoms with Gasteiger partial charge in [0.1, 0.15) is 0 Å². The molecule has 0 N–H and O–H groups in total. The second-order valence-corrected chi connectivity index (χ2v) is 6.19. The summed E-state index contributed by atoms with van der Waals surface area (Å²) < 4.78 is 5.26. The van der Waals surface area contributed by atoms with Gasteiger partial charge in [-0.25, -0.2) is 0 Å². The molecule has 1 fully saturated rings. The molecule has 0 aliphatic carbocycles. The van der Waals surface area contributed by atoms with E-state index in [1.165, 1.54) is 5.56 Å². The van der Waals surface area contributed by atoms with Crippen LogP contribution in [0.3, 0.4) is 0 Å². The molecule has 1 saturated heterocycles. The molecule has 3 rings (SSSR count). The molecule has 1 aliphatic rings. The Morgan fingerprint density at radius 3 is 2.57 bits per heavy atom. The first-order valence-corrected chi connectivity index (χ1v) is 8.08. The fourth-order valence-electron chi connectivity index (χ4n) is 2.95. The van der Waals surface area contributed by atoms with Crippen LogP contribution in [0.1, 0.15) is 22.6 Å². The van der Waals surface area contributed by atoms with E-state index in [1.807, 2.05) is 36.1 Å². The molecule has 0 atom stereocenters. The van der Waals surface area contributed by atoms with Gasteiger partial charge in [0.25, 0.3) is 0 Å². The summed E-state index contributed by atoms with van der Waals surface area (Å²) in [5.74, 6) is 1.11. The Balaban J connectivity index is 1.50. The van der Waals surface area contributed by atoms with Crippen LogP contribution in [0, 0.1) is 13.8 Å². The van der Waals surface area contributed by atoms with Gasteiger partial charge in [0.2, 0.25) is 5.91 Å². The zero-order chi connectivity index (χ0) is 16.2. The second kappa shape index (κ2) is 6.96. The van der Waals surface area contributed by atoms with E-state index in [2.05, 4.69) is 23.0 Å². The Labute approximate surface area is 136 Å². The van der Waals surface area contributed by atoms with Crippen LogP contribution in [0.25, 0.3) is 0 Å². The van der Waals surface area contributed by atoms with Gasteiger partial charge in [-0.3, -0.25) is 9.69 Å². The van der Waals surface area contributed by atoms with Crippen molar-refractivity contribution < 1.29 is 9.32 Å². The molecule has 2 aromatic rings. The van der Waals surface area contributed by atoms with E-state index in [1.54, 1.807) is 0 Å². The number of hydrogen-bond donors (Lipinski definition) is 0. The predicted octanol–water partition coefficient (Wildman–Crippen LogP) is 2.18. The van der Waals surface area contributed by atoms with E-state index in [4.69, 9.17) is 4.52 Å². The topological polar surface area (TPSA) is 49.6 Å². The van der Waals surface area contributed by atoms with Crippen LogP contribution in [0.4, 0.5) is 0 Å². The summed E-state index contributed by atoms with van der Waals surface area (Å²) in [6, 6.07) is 10.1. The summed E-state index contributed by atoms with van der Waals surface area (Å²) in [6.07, 6.45) is 0.494. The van der Waals surface area contributed by atoms with Crippen LogP contribution < -0.4 is 0 Å². The molecular formula is C18H23N3O2. The van der Waals surface area contributed by atoms with Gasteiger partial charge in [-0.1, -0.05) is 29.4 Å². The van der Waals surface area contributed by atoms with Crippen LogP contribution in [0.5, 0.6) is 0 Å². The number of carbonyl (C=O) groups is 1. The fourth-order valence-corrected chi connectivity index (χ4v) is 2.95. The molecule has 0 bridgehead atoms. The van der Waals surface area contributed by atoms with Crippen molar-refractivity contribution in [2.24, 2.45) is 0 Å². The normalized spacial score (nSPS) is 15.8. The zero-order valence-electron chi connectivity index (χ0n) is 13.8. The molecule has 1 aromatic carbocycles. The van der Waals surface area contributed by atoms with Crippen LogP contribution in [0.15, 0.2) is 34.9 Å². The van der Waals surface area contributed by atoms with Crippen LogP contribution in [-0.4, -0.2) is 47.0 Å². The van der Waals surface area contributed by atoms with Crippen molar-refractivity contribution in [1.29, 1.82) is 0 Å². The molecular weight excluding hydrogens is 290 g/mol. The monoisotopic (exact) mass is 313 g/mol. The summed E-state index contributed by atoms with van der Waals surface area (Å²) in [6.45, 7) is 8.05. The number of benzene rings is 1. The lowest BCUT2D eigenvalue weighted by Crippen LogP contribution is -2.48. The largest absolute Gasteiger partial charge is 0.360 e. The molecule has 122 valence electrons. The summed E-state index contributed by atoms with van der Waals surface area (Å²) in [7, 11) is 0. The molecule has 23 heavy (non-hydrogen) atoms. The number of aryl methyl sites for hydroxylation is 2. The van der Waals surface area contributed by atoms with Crippen molar-refractivity contribution in [2.45, 2.75) is 26.8 Å². The lowest BCUT2D eigenvalue weighted by molar-refractivity contribution is -0.132. The van der Waals surface area contributed by atoms with Crippen LogP contribution in [0.2, 0.25) is 0 Å². The molecule has 1 amide bonds. The molecule has 0 unspecified atom stereocenters. The number of nitrogens with zero attached hydrogens (tertiary/aromatic N) is 3. The molecule has 2 heterocycles. The highest BCUT2D eigenvalue weighted by Gasteiger charge is 2.22. The van der Waals surface area contributed by atoms with Gasteiger partial charge >= 0.3 is 0 Å². The SMILES string of the molecule is Cc1cc(CN2CCN(C(=O)Cc3ccccc3C)CC2)on1. The van der Waals surface area contributed by atoms with Crippen molar-refractivity contribution in [2.75, 3.05) is 26.2 Å². The maximum Gasteiger partial charge on any atom is 0.227 e. The highest BCUT2D eigenvalue weighted by molar-refractivity contribution is 5.79. The first-order chi connectivity index (χ1) is 11.1. The molecule has 5 nitrogen and oxygen atoms in total. The summed E-state index contributed by atoms with van der Waals surface area (Å²) in [5.41, 5.74) is 3.21. The third-order valence-corrected chi connectivity index (χ3v) is 4.38. The minimum Gasteiger partial charge on any atom is -0.360 e. The highest BCUT2D eigenvalue weighted by Crippen LogP contribution is 2.13. The van der Waals surface area contributed by atoms with Crippen molar-refractivity contribution in [1.82, 2.24) is 15.0 Å². The van der Waals surface area contributed by atoms with Crippen molar-refractivity contribution in [3.63, 3.8) is 0 Å². The van der Waals surface area contributed by atoms with E-state index < -0.39 is 0 Å². The lowest BCUT2D eigenvalue weighted by Gasteiger charge is -2.34. The Morgan fingerprint density at radius 1 is 1.17 bits per heavy atom. The van der Waals surface area contributed by atoms with Crippen molar-refractivity contribution >= 4 is 5.91 Å². The standard InChI is InChI=1S/C18H23N3O2/c1-14-5-3-4-6-16(14)12-18(22)21-9-7-20(8-10-21)13-17-11-15(2)19-23-17/h3-6,11H,7-10,12-13H2,1-2H3. The number of rotatable bonds is 4. The molecule has 0 saturated carbocycles. The Bertz CT molecular complexity index is 672. The van der Waals surface area contributed by atoms with E-state index in [-0.39, 0.29) is 5.91 Å². The van der Waals surface area contributed by atoms with Gasteiger partial charge < -0.3 is 9.42 Å². The highest BCUT2D eigenvalue weighted by atomic mass is 16.5. The van der Waals surface area contributed by atoms with E-state index >= 15 is 0 Å². The number of aromatic nitrogens is 1. The van der Waals surface area contributed by atoms with E-state index in [0.717, 1.165) is 49.7 Å². The maximum atomic E-state index is 12.5. The van der Waals surface area contributed by atoms with Crippen LogP contribution >= 0.6 is 0 Å². The van der Waals surface area contributed by atoms with Gasteiger partial charge in [-0.05, 0) is 25.0 Å².